The first-order chi connectivity index (χ1) is 16.0. The van der Waals surface area contributed by atoms with Gasteiger partial charge in [0.2, 0.25) is 5.91 Å². The third kappa shape index (κ3) is 3.96. The van der Waals surface area contributed by atoms with E-state index >= 15 is 0 Å². The van der Waals surface area contributed by atoms with Gasteiger partial charge in [0.05, 0.1) is 0 Å². The highest BCUT2D eigenvalue weighted by atomic mass is 16.5. The zero-order valence-corrected chi connectivity index (χ0v) is 18.6. The molecule has 1 saturated heterocycles. The SMILES string of the molecule is CC1CCN(C(=O)C(NC(=O)OCC2c3ccccc3-c3ccccc32)C2CC2)C1C(=O)O. The number of hydrogen-bond donors (Lipinski definition) is 2. The zero-order valence-electron chi connectivity index (χ0n) is 18.6. The summed E-state index contributed by atoms with van der Waals surface area (Å²) < 4.78 is 5.62. The van der Waals surface area contributed by atoms with Gasteiger partial charge in [0.1, 0.15) is 18.7 Å². The average Bonchev–Trinajstić information content (AvgIpc) is 3.50. The number of ether oxygens (including phenoxy) is 1. The summed E-state index contributed by atoms with van der Waals surface area (Å²) in [6.45, 7) is 2.41. The Morgan fingerprint density at radius 2 is 1.64 bits per heavy atom. The normalized spacial score (nSPS) is 22.4. The number of carboxylic acids is 1. The molecule has 3 aliphatic rings. The van der Waals surface area contributed by atoms with E-state index in [1.807, 2.05) is 31.2 Å². The molecule has 3 atom stereocenters. The van der Waals surface area contributed by atoms with Gasteiger partial charge in [0.25, 0.3) is 0 Å². The topological polar surface area (TPSA) is 95.9 Å². The number of hydrogen-bond acceptors (Lipinski definition) is 4. The summed E-state index contributed by atoms with van der Waals surface area (Å²) in [5.41, 5.74) is 4.54. The quantitative estimate of drug-likeness (QED) is 0.704. The molecule has 33 heavy (non-hydrogen) atoms. The standard InChI is InChI=1S/C26H28N2O5/c1-15-12-13-28(23(15)25(30)31)24(29)22(16-10-11-16)27-26(32)33-14-21-19-8-4-2-6-17(19)18-7-3-5-9-20(18)21/h2-9,15-16,21-23H,10-14H2,1H3,(H,27,32)(H,30,31). The number of carbonyl (C=O) groups is 3. The first kappa shape index (κ1) is 21.5. The smallest absolute Gasteiger partial charge is 0.407 e. The van der Waals surface area contributed by atoms with Gasteiger partial charge < -0.3 is 20.1 Å². The fraction of sp³-hybridized carbons (Fsp3) is 0.423. The summed E-state index contributed by atoms with van der Waals surface area (Å²) in [5, 5.41) is 12.3. The highest BCUT2D eigenvalue weighted by molar-refractivity contribution is 5.90. The van der Waals surface area contributed by atoms with Gasteiger partial charge in [-0.3, -0.25) is 4.79 Å². The number of carbonyl (C=O) groups excluding carboxylic acids is 2. The Bertz CT molecular complexity index is 1050. The highest BCUT2D eigenvalue weighted by Crippen LogP contribution is 2.44. The van der Waals surface area contributed by atoms with Crippen LogP contribution in [0.1, 0.15) is 43.2 Å². The van der Waals surface area contributed by atoms with Crippen molar-refractivity contribution in [2.24, 2.45) is 11.8 Å². The second-order valence-corrected chi connectivity index (χ2v) is 9.37. The van der Waals surface area contributed by atoms with Crippen molar-refractivity contribution in [3.63, 3.8) is 0 Å². The number of alkyl carbamates (subject to hydrolysis) is 1. The molecule has 0 aromatic heterocycles. The maximum absolute atomic E-state index is 13.2. The molecule has 5 rings (SSSR count). The van der Waals surface area contributed by atoms with E-state index in [9.17, 15) is 19.5 Å². The van der Waals surface area contributed by atoms with Crippen LogP contribution in [0, 0.1) is 11.8 Å². The second-order valence-electron chi connectivity index (χ2n) is 9.37. The van der Waals surface area contributed by atoms with Gasteiger partial charge in [-0.15, -0.1) is 0 Å². The lowest BCUT2D eigenvalue weighted by molar-refractivity contribution is -0.150. The number of benzene rings is 2. The highest BCUT2D eigenvalue weighted by Gasteiger charge is 2.46. The third-order valence-electron chi connectivity index (χ3n) is 7.21. The molecule has 1 aliphatic heterocycles. The van der Waals surface area contributed by atoms with E-state index in [4.69, 9.17) is 4.74 Å². The van der Waals surface area contributed by atoms with Crippen LogP contribution in [-0.2, 0) is 14.3 Å². The van der Waals surface area contributed by atoms with Gasteiger partial charge in [-0.2, -0.15) is 0 Å². The van der Waals surface area contributed by atoms with Crippen molar-refractivity contribution in [1.29, 1.82) is 0 Å². The van der Waals surface area contributed by atoms with Crippen LogP contribution < -0.4 is 5.32 Å². The van der Waals surface area contributed by atoms with E-state index < -0.39 is 24.1 Å². The Morgan fingerprint density at radius 1 is 1.03 bits per heavy atom. The second kappa shape index (κ2) is 8.54. The minimum Gasteiger partial charge on any atom is -0.480 e. The largest absolute Gasteiger partial charge is 0.480 e. The molecular formula is C26H28N2O5. The van der Waals surface area contributed by atoms with Crippen molar-refractivity contribution >= 4 is 18.0 Å². The van der Waals surface area contributed by atoms with Crippen LogP contribution in [0.5, 0.6) is 0 Å². The molecule has 2 fully saturated rings. The van der Waals surface area contributed by atoms with E-state index in [2.05, 4.69) is 29.6 Å². The van der Waals surface area contributed by atoms with Crippen molar-refractivity contribution in [2.45, 2.75) is 44.2 Å². The molecule has 2 aliphatic carbocycles. The Hall–Kier alpha value is -3.35. The lowest BCUT2D eigenvalue weighted by Crippen LogP contribution is -2.53. The summed E-state index contributed by atoms with van der Waals surface area (Å²) in [6, 6.07) is 14.6. The minimum absolute atomic E-state index is 0.0309. The number of nitrogens with zero attached hydrogens (tertiary/aromatic N) is 1. The van der Waals surface area contributed by atoms with Crippen molar-refractivity contribution in [1.82, 2.24) is 10.2 Å². The molecule has 7 nitrogen and oxygen atoms in total. The molecule has 3 unspecified atom stereocenters. The molecule has 1 heterocycles. The summed E-state index contributed by atoms with van der Waals surface area (Å²) >= 11 is 0. The molecule has 0 spiro atoms. The van der Waals surface area contributed by atoms with Gasteiger partial charge in [-0.25, -0.2) is 9.59 Å². The van der Waals surface area contributed by atoms with Gasteiger partial charge in [-0.05, 0) is 53.4 Å². The Labute approximate surface area is 192 Å². The molecular weight excluding hydrogens is 420 g/mol. The number of likely N-dealkylation sites (tertiary alicyclic amines) is 1. The van der Waals surface area contributed by atoms with Gasteiger partial charge in [-0.1, -0.05) is 55.5 Å². The number of amides is 2. The number of fused-ring (bicyclic) bond motifs is 3. The van der Waals surface area contributed by atoms with E-state index in [0.717, 1.165) is 35.1 Å². The molecule has 0 bridgehead atoms. The molecule has 0 radical (unpaired) electrons. The van der Waals surface area contributed by atoms with Gasteiger partial charge in [0.15, 0.2) is 0 Å². The minimum atomic E-state index is -0.996. The summed E-state index contributed by atoms with van der Waals surface area (Å²) in [4.78, 5) is 39.1. The van der Waals surface area contributed by atoms with Crippen molar-refractivity contribution < 1.29 is 24.2 Å². The van der Waals surface area contributed by atoms with Crippen LogP contribution in [0.3, 0.4) is 0 Å². The third-order valence-corrected chi connectivity index (χ3v) is 7.21. The number of nitrogens with one attached hydrogen (secondary N) is 1. The van der Waals surface area contributed by atoms with Crippen LogP contribution in [0.15, 0.2) is 48.5 Å². The van der Waals surface area contributed by atoms with Crippen molar-refractivity contribution in [3.8, 4) is 11.1 Å². The van der Waals surface area contributed by atoms with Crippen LogP contribution in [0.2, 0.25) is 0 Å². The van der Waals surface area contributed by atoms with Crippen molar-refractivity contribution in [3.05, 3.63) is 59.7 Å². The molecule has 2 aromatic rings. The number of aliphatic carboxylic acids is 1. The van der Waals surface area contributed by atoms with E-state index in [-0.39, 0.29) is 30.3 Å². The fourth-order valence-corrected chi connectivity index (χ4v) is 5.33. The lowest BCUT2D eigenvalue weighted by Gasteiger charge is -2.28. The Kier molecular flexibility index (Phi) is 5.56. The van der Waals surface area contributed by atoms with Crippen LogP contribution in [0.4, 0.5) is 4.79 Å². The Morgan fingerprint density at radius 3 is 2.21 bits per heavy atom. The first-order valence-corrected chi connectivity index (χ1v) is 11.6. The summed E-state index contributed by atoms with van der Waals surface area (Å²) in [7, 11) is 0. The molecule has 7 heteroatoms. The first-order valence-electron chi connectivity index (χ1n) is 11.6. The van der Waals surface area contributed by atoms with E-state index in [1.54, 1.807) is 0 Å². The van der Waals surface area contributed by atoms with Crippen LogP contribution in [-0.4, -0.2) is 53.2 Å². The summed E-state index contributed by atoms with van der Waals surface area (Å²) in [5.74, 6) is -1.45. The maximum Gasteiger partial charge on any atom is 0.407 e. The Balaban J connectivity index is 1.27. The maximum atomic E-state index is 13.2. The predicted molar refractivity (Wildman–Crippen MR) is 122 cm³/mol. The number of rotatable bonds is 6. The predicted octanol–water partition coefficient (Wildman–Crippen LogP) is 3.63. The number of carboxylic acid groups (broad SMARTS) is 1. The fourth-order valence-electron chi connectivity index (χ4n) is 5.33. The molecule has 2 aromatic carbocycles. The monoisotopic (exact) mass is 448 g/mol. The van der Waals surface area contributed by atoms with Gasteiger partial charge in [0, 0.05) is 12.5 Å². The molecule has 2 N–H and O–H groups in total. The molecule has 172 valence electrons. The van der Waals surface area contributed by atoms with Crippen LogP contribution in [0.25, 0.3) is 11.1 Å². The van der Waals surface area contributed by atoms with E-state index in [1.165, 1.54) is 4.90 Å². The molecule has 2 amide bonds. The van der Waals surface area contributed by atoms with E-state index in [0.29, 0.717) is 13.0 Å². The van der Waals surface area contributed by atoms with Gasteiger partial charge >= 0.3 is 12.1 Å². The zero-order chi connectivity index (χ0) is 23.1. The summed E-state index contributed by atoms with van der Waals surface area (Å²) in [6.07, 6.45) is 1.68. The van der Waals surface area contributed by atoms with Crippen molar-refractivity contribution in [2.75, 3.05) is 13.2 Å². The average molecular weight is 449 g/mol. The molecule has 1 saturated carbocycles. The lowest BCUT2D eigenvalue weighted by atomic mass is 9.98. The van der Waals surface area contributed by atoms with Crippen LogP contribution >= 0.6 is 0 Å².